The molecular formula is C16H20N4O3. The van der Waals surface area contributed by atoms with E-state index in [0.717, 1.165) is 11.3 Å². The van der Waals surface area contributed by atoms with Crippen LogP contribution in [0.4, 0.5) is 0 Å². The van der Waals surface area contributed by atoms with Gasteiger partial charge in [-0.25, -0.2) is 9.48 Å². The van der Waals surface area contributed by atoms with E-state index in [9.17, 15) is 14.7 Å². The Morgan fingerprint density at radius 2 is 1.87 bits per heavy atom. The number of carbonyl (C=O) groups excluding carboxylic acids is 1. The van der Waals surface area contributed by atoms with Crippen LogP contribution in [0.5, 0.6) is 0 Å². The zero-order valence-electron chi connectivity index (χ0n) is 13.6. The van der Waals surface area contributed by atoms with E-state index in [1.165, 1.54) is 6.92 Å². The predicted octanol–water partition coefficient (Wildman–Crippen LogP) is 1.87. The van der Waals surface area contributed by atoms with Gasteiger partial charge >= 0.3 is 5.97 Å². The number of amides is 1. The largest absolute Gasteiger partial charge is 0.480 e. The van der Waals surface area contributed by atoms with E-state index in [1.54, 1.807) is 18.5 Å². The van der Waals surface area contributed by atoms with E-state index in [4.69, 9.17) is 0 Å². The number of hydrogen-bond acceptors (Lipinski definition) is 4. The third-order valence-electron chi connectivity index (χ3n) is 3.96. The van der Waals surface area contributed by atoms with E-state index >= 15 is 0 Å². The van der Waals surface area contributed by atoms with Crippen LogP contribution in [0.15, 0.2) is 24.3 Å². The van der Waals surface area contributed by atoms with Gasteiger partial charge in [-0.2, -0.15) is 0 Å². The number of rotatable bonds is 5. The minimum absolute atomic E-state index is 0.117. The van der Waals surface area contributed by atoms with Crippen LogP contribution >= 0.6 is 0 Å². The van der Waals surface area contributed by atoms with Crippen LogP contribution in [0.3, 0.4) is 0 Å². The van der Waals surface area contributed by atoms with Crippen LogP contribution in [-0.2, 0) is 4.79 Å². The van der Waals surface area contributed by atoms with Crippen LogP contribution in [0.25, 0.3) is 5.69 Å². The van der Waals surface area contributed by atoms with Gasteiger partial charge in [0.15, 0.2) is 5.69 Å². The third-order valence-corrected chi connectivity index (χ3v) is 3.96. The van der Waals surface area contributed by atoms with Gasteiger partial charge in [-0.3, -0.25) is 4.79 Å². The van der Waals surface area contributed by atoms with Crippen LogP contribution in [0, 0.1) is 13.8 Å². The van der Waals surface area contributed by atoms with Crippen molar-refractivity contribution >= 4 is 11.9 Å². The fourth-order valence-corrected chi connectivity index (χ4v) is 2.07. The number of carboxylic acid groups (broad SMARTS) is 1. The molecule has 0 bridgehead atoms. The summed E-state index contributed by atoms with van der Waals surface area (Å²) in [5.41, 5.74) is 1.24. The topological polar surface area (TPSA) is 97.1 Å². The van der Waals surface area contributed by atoms with E-state index < -0.39 is 17.4 Å². The molecule has 0 aliphatic rings. The molecule has 2 N–H and O–H groups in total. The van der Waals surface area contributed by atoms with Crippen molar-refractivity contribution in [3.8, 4) is 5.69 Å². The molecular weight excluding hydrogens is 296 g/mol. The van der Waals surface area contributed by atoms with Crippen LogP contribution < -0.4 is 5.32 Å². The molecule has 122 valence electrons. The molecule has 0 radical (unpaired) electrons. The Morgan fingerprint density at radius 3 is 2.39 bits per heavy atom. The molecule has 1 aromatic carbocycles. The van der Waals surface area contributed by atoms with Gasteiger partial charge in [0.25, 0.3) is 5.91 Å². The summed E-state index contributed by atoms with van der Waals surface area (Å²) in [4.78, 5) is 23.7. The first-order valence-electron chi connectivity index (χ1n) is 7.33. The van der Waals surface area contributed by atoms with Crippen LogP contribution in [0.1, 0.15) is 42.0 Å². The lowest BCUT2D eigenvalue weighted by Gasteiger charge is -2.24. The van der Waals surface area contributed by atoms with Gasteiger partial charge < -0.3 is 10.4 Å². The summed E-state index contributed by atoms with van der Waals surface area (Å²) in [7, 11) is 0. The Balaban J connectivity index is 2.30. The first kappa shape index (κ1) is 16.7. The SMILES string of the molecule is CCC(C)(NC(=O)c1nnn(-c2ccc(C)cc2)c1C)C(=O)O. The summed E-state index contributed by atoms with van der Waals surface area (Å²) in [6, 6.07) is 7.64. The lowest BCUT2D eigenvalue weighted by molar-refractivity contribution is -0.143. The quantitative estimate of drug-likeness (QED) is 0.877. The second kappa shape index (κ2) is 6.20. The number of carbonyl (C=O) groups is 2. The minimum atomic E-state index is -1.34. The average Bonchev–Trinajstić information content (AvgIpc) is 2.89. The number of aromatic nitrogens is 3. The summed E-state index contributed by atoms with van der Waals surface area (Å²) >= 11 is 0. The van der Waals surface area contributed by atoms with Gasteiger partial charge in [-0.15, -0.1) is 5.10 Å². The molecule has 1 amide bonds. The number of benzene rings is 1. The third kappa shape index (κ3) is 3.23. The van der Waals surface area contributed by atoms with Gasteiger partial charge in [0.1, 0.15) is 5.54 Å². The van der Waals surface area contributed by atoms with Crippen molar-refractivity contribution in [2.75, 3.05) is 0 Å². The molecule has 2 rings (SSSR count). The second-order valence-electron chi connectivity index (χ2n) is 5.72. The molecule has 1 unspecified atom stereocenters. The Hall–Kier alpha value is -2.70. The van der Waals surface area contributed by atoms with E-state index in [2.05, 4.69) is 15.6 Å². The second-order valence-corrected chi connectivity index (χ2v) is 5.72. The molecule has 23 heavy (non-hydrogen) atoms. The fourth-order valence-electron chi connectivity index (χ4n) is 2.07. The molecule has 1 heterocycles. The van der Waals surface area contributed by atoms with Gasteiger partial charge in [-0.05, 0) is 39.3 Å². The summed E-state index contributed by atoms with van der Waals surface area (Å²) in [5.74, 6) is -1.63. The summed E-state index contributed by atoms with van der Waals surface area (Å²) in [5, 5.41) is 19.7. The summed E-state index contributed by atoms with van der Waals surface area (Å²) in [6.07, 6.45) is 0.263. The number of hydrogen-bond donors (Lipinski definition) is 2. The first-order valence-corrected chi connectivity index (χ1v) is 7.33. The van der Waals surface area contributed by atoms with E-state index in [-0.39, 0.29) is 12.1 Å². The molecule has 7 heteroatoms. The zero-order chi connectivity index (χ0) is 17.2. The smallest absolute Gasteiger partial charge is 0.329 e. The van der Waals surface area contributed by atoms with Crippen molar-refractivity contribution in [2.45, 2.75) is 39.7 Å². The minimum Gasteiger partial charge on any atom is -0.480 e. The number of nitrogens with zero attached hydrogens (tertiary/aromatic N) is 3. The first-order chi connectivity index (χ1) is 10.8. The van der Waals surface area contributed by atoms with Crippen molar-refractivity contribution in [2.24, 2.45) is 0 Å². The Kier molecular flexibility index (Phi) is 4.49. The number of carboxylic acids is 1. The summed E-state index contributed by atoms with van der Waals surface area (Å²) < 4.78 is 1.55. The molecule has 0 saturated carbocycles. The van der Waals surface area contributed by atoms with E-state index in [0.29, 0.717) is 5.69 Å². The van der Waals surface area contributed by atoms with Crippen LogP contribution in [0.2, 0.25) is 0 Å². The number of aliphatic carboxylic acids is 1. The highest BCUT2D eigenvalue weighted by Crippen LogP contribution is 2.15. The number of nitrogens with one attached hydrogen (secondary N) is 1. The average molecular weight is 316 g/mol. The number of aryl methyl sites for hydroxylation is 1. The van der Waals surface area contributed by atoms with Gasteiger partial charge in [0.2, 0.25) is 0 Å². The Labute approximate surface area is 134 Å². The molecule has 0 aliphatic heterocycles. The van der Waals surface area contributed by atoms with Crippen molar-refractivity contribution in [3.63, 3.8) is 0 Å². The maximum absolute atomic E-state index is 12.4. The predicted molar refractivity (Wildman–Crippen MR) is 84.6 cm³/mol. The van der Waals surface area contributed by atoms with Gasteiger partial charge in [0, 0.05) is 0 Å². The zero-order valence-corrected chi connectivity index (χ0v) is 13.6. The van der Waals surface area contributed by atoms with Gasteiger partial charge in [0.05, 0.1) is 11.4 Å². The standard InChI is InChI=1S/C16H20N4O3/c1-5-16(4,15(22)23)17-14(21)13-11(3)20(19-18-13)12-8-6-10(2)7-9-12/h6-9H,5H2,1-4H3,(H,17,21)(H,22,23). The Bertz CT molecular complexity index is 736. The molecule has 1 aromatic heterocycles. The maximum atomic E-state index is 12.4. The highest BCUT2D eigenvalue weighted by atomic mass is 16.4. The normalized spacial score (nSPS) is 13.4. The summed E-state index contributed by atoms with van der Waals surface area (Å²) in [6.45, 7) is 6.87. The highest BCUT2D eigenvalue weighted by molar-refractivity contribution is 5.97. The van der Waals surface area contributed by atoms with Crippen molar-refractivity contribution < 1.29 is 14.7 Å². The molecule has 0 fully saturated rings. The molecule has 2 aromatic rings. The molecule has 0 spiro atoms. The molecule has 7 nitrogen and oxygen atoms in total. The maximum Gasteiger partial charge on any atom is 0.329 e. The molecule has 1 atom stereocenters. The van der Waals surface area contributed by atoms with Crippen molar-refractivity contribution in [1.82, 2.24) is 20.3 Å². The highest BCUT2D eigenvalue weighted by Gasteiger charge is 2.34. The van der Waals surface area contributed by atoms with Crippen molar-refractivity contribution in [3.05, 3.63) is 41.2 Å². The van der Waals surface area contributed by atoms with Crippen molar-refractivity contribution in [1.29, 1.82) is 0 Å². The van der Waals surface area contributed by atoms with Crippen LogP contribution in [-0.4, -0.2) is 37.5 Å². The molecule has 0 saturated heterocycles. The fraction of sp³-hybridized carbons (Fsp3) is 0.375. The van der Waals surface area contributed by atoms with Gasteiger partial charge in [-0.1, -0.05) is 29.8 Å². The monoisotopic (exact) mass is 316 g/mol. The Morgan fingerprint density at radius 1 is 1.26 bits per heavy atom. The lowest BCUT2D eigenvalue weighted by atomic mass is 9.99. The molecule has 0 aliphatic carbocycles. The van der Waals surface area contributed by atoms with E-state index in [1.807, 2.05) is 31.2 Å². The lowest BCUT2D eigenvalue weighted by Crippen LogP contribution is -2.51.